The van der Waals surface area contributed by atoms with E-state index in [0.29, 0.717) is 12.4 Å². The fourth-order valence-corrected chi connectivity index (χ4v) is 2.96. The van der Waals surface area contributed by atoms with Crippen LogP contribution in [0.3, 0.4) is 0 Å². The highest BCUT2D eigenvalue weighted by atomic mass is 19.4. The van der Waals surface area contributed by atoms with E-state index >= 15 is 0 Å². The quantitative estimate of drug-likeness (QED) is 0.795. The molecule has 0 atom stereocenters. The number of aryl methyl sites for hydroxylation is 1. The lowest BCUT2D eigenvalue weighted by molar-refractivity contribution is -0.141. The Balaban J connectivity index is 1.99. The fraction of sp³-hybridized carbons (Fsp3) is 0.375. The first-order valence-corrected chi connectivity index (χ1v) is 6.97. The maximum atomic E-state index is 12.6. The van der Waals surface area contributed by atoms with Gasteiger partial charge in [-0.3, -0.25) is 0 Å². The summed E-state index contributed by atoms with van der Waals surface area (Å²) in [5, 5.41) is 0. The Kier molecular flexibility index (Phi) is 3.16. The van der Waals surface area contributed by atoms with Crippen LogP contribution in [0.4, 0.5) is 19.0 Å². The molecule has 1 aliphatic heterocycles. The molecule has 3 rings (SSSR count). The summed E-state index contributed by atoms with van der Waals surface area (Å²) in [5.74, 6) is 0.452. The van der Waals surface area contributed by atoms with Crippen molar-refractivity contribution in [2.24, 2.45) is 0 Å². The number of aromatic nitrogens is 2. The van der Waals surface area contributed by atoms with E-state index in [1.165, 1.54) is 22.9 Å². The van der Waals surface area contributed by atoms with Gasteiger partial charge in [-0.15, -0.1) is 0 Å². The molecule has 0 bridgehead atoms. The third kappa shape index (κ3) is 2.23. The molecule has 0 amide bonds. The number of alkyl halides is 3. The van der Waals surface area contributed by atoms with Gasteiger partial charge in [-0.1, -0.05) is 18.2 Å². The average Bonchev–Trinajstić information content (AvgIpc) is 2.71. The molecule has 0 saturated heterocycles. The van der Waals surface area contributed by atoms with Crippen LogP contribution in [0.2, 0.25) is 0 Å². The van der Waals surface area contributed by atoms with Gasteiger partial charge < -0.3 is 4.90 Å². The van der Waals surface area contributed by atoms with Crippen molar-refractivity contribution in [2.45, 2.75) is 39.0 Å². The lowest BCUT2D eigenvalue weighted by Crippen LogP contribution is -2.36. The molecule has 116 valence electrons. The van der Waals surface area contributed by atoms with Gasteiger partial charge in [0.05, 0.1) is 17.9 Å². The molecule has 0 fully saturated rings. The van der Waals surface area contributed by atoms with Crippen LogP contribution in [-0.2, 0) is 18.3 Å². The number of halogens is 3. The zero-order valence-electron chi connectivity index (χ0n) is 12.6. The number of fused-ring (bicyclic) bond motifs is 1. The Morgan fingerprint density at radius 3 is 2.41 bits per heavy atom. The van der Waals surface area contributed by atoms with Crippen LogP contribution in [0.5, 0.6) is 0 Å². The first-order valence-electron chi connectivity index (χ1n) is 6.97. The molecule has 22 heavy (non-hydrogen) atoms. The normalized spacial score (nSPS) is 16.7. The molecule has 0 saturated carbocycles. The minimum absolute atomic E-state index is 0.338. The van der Waals surface area contributed by atoms with Crippen LogP contribution in [0, 0.1) is 6.92 Å². The van der Waals surface area contributed by atoms with Crippen LogP contribution in [0.1, 0.15) is 36.2 Å². The third-order valence-corrected chi connectivity index (χ3v) is 4.27. The second kappa shape index (κ2) is 4.69. The summed E-state index contributed by atoms with van der Waals surface area (Å²) in [5.41, 5.74) is 2.24. The maximum Gasteiger partial charge on any atom is 0.434 e. The predicted molar refractivity (Wildman–Crippen MR) is 77.4 cm³/mol. The first kappa shape index (κ1) is 14.8. The van der Waals surface area contributed by atoms with Gasteiger partial charge in [-0.05, 0) is 37.5 Å². The molecular formula is C16H16F3N3. The molecule has 1 aromatic carbocycles. The summed E-state index contributed by atoms with van der Waals surface area (Å²) in [6.07, 6.45) is -2.47. The Morgan fingerprint density at radius 1 is 1.14 bits per heavy atom. The SMILES string of the molecule is Cc1cccc2c1CN(c1cnc(C(F)(F)F)cn1)C2(C)C. The maximum absolute atomic E-state index is 12.6. The van der Waals surface area contributed by atoms with E-state index in [1.54, 1.807) is 0 Å². The fourth-order valence-electron chi connectivity index (χ4n) is 2.96. The number of rotatable bonds is 1. The monoisotopic (exact) mass is 307 g/mol. The lowest BCUT2D eigenvalue weighted by Gasteiger charge is -2.33. The van der Waals surface area contributed by atoms with Gasteiger partial charge in [0.25, 0.3) is 0 Å². The van der Waals surface area contributed by atoms with Crippen LogP contribution >= 0.6 is 0 Å². The van der Waals surface area contributed by atoms with Gasteiger partial charge in [0.2, 0.25) is 0 Å². The zero-order chi connectivity index (χ0) is 16.1. The summed E-state index contributed by atoms with van der Waals surface area (Å²) in [4.78, 5) is 9.48. The third-order valence-electron chi connectivity index (χ3n) is 4.27. The van der Waals surface area contributed by atoms with Crippen molar-refractivity contribution < 1.29 is 13.2 Å². The van der Waals surface area contributed by atoms with Crippen LogP contribution in [0.15, 0.2) is 30.6 Å². The highest BCUT2D eigenvalue weighted by Gasteiger charge is 2.39. The number of anilines is 1. The number of benzene rings is 1. The minimum Gasteiger partial charge on any atom is -0.342 e. The highest BCUT2D eigenvalue weighted by Crippen LogP contribution is 2.42. The van der Waals surface area contributed by atoms with Crippen molar-refractivity contribution in [1.29, 1.82) is 0 Å². The Hall–Kier alpha value is -2.11. The van der Waals surface area contributed by atoms with Gasteiger partial charge >= 0.3 is 6.18 Å². The molecule has 6 heteroatoms. The number of hydrogen-bond donors (Lipinski definition) is 0. The van der Waals surface area contributed by atoms with Crippen molar-refractivity contribution in [3.63, 3.8) is 0 Å². The number of hydrogen-bond acceptors (Lipinski definition) is 3. The van der Waals surface area contributed by atoms with E-state index in [4.69, 9.17) is 0 Å². The second-order valence-corrected chi connectivity index (χ2v) is 6.00. The molecule has 2 heterocycles. The summed E-state index contributed by atoms with van der Waals surface area (Å²) in [6.45, 7) is 6.74. The van der Waals surface area contributed by atoms with E-state index in [2.05, 4.69) is 16.0 Å². The van der Waals surface area contributed by atoms with Gasteiger partial charge in [-0.2, -0.15) is 13.2 Å². The van der Waals surface area contributed by atoms with E-state index in [1.807, 2.05) is 37.8 Å². The molecule has 0 N–H and O–H groups in total. The molecule has 1 aromatic heterocycles. The molecule has 0 unspecified atom stereocenters. The van der Waals surface area contributed by atoms with Gasteiger partial charge in [0.15, 0.2) is 5.69 Å². The van der Waals surface area contributed by atoms with Crippen molar-refractivity contribution in [1.82, 2.24) is 9.97 Å². The Bertz CT molecular complexity index is 706. The Labute approximate surface area is 126 Å². The molecule has 0 radical (unpaired) electrons. The summed E-state index contributed by atoms with van der Waals surface area (Å²) in [6, 6.07) is 6.09. The van der Waals surface area contributed by atoms with Crippen LogP contribution in [0.25, 0.3) is 0 Å². The lowest BCUT2D eigenvalue weighted by atomic mass is 9.92. The van der Waals surface area contributed by atoms with E-state index in [0.717, 1.165) is 6.20 Å². The minimum atomic E-state index is -4.47. The van der Waals surface area contributed by atoms with Crippen molar-refractivity contribution in [3.8, 4) is 0 Å². The molecule has 3 nitrogen and oxygen atoms in total. The summed E-state index contributed by atoms with van der Waals surface area (Å²) in [7, 11) is 0. The standard InChI is InChI=1S/C16H16F3N3/c1-10-5-4-6-12-11(10)9-22(15(12,2)3)14-8-20-13(7-21-14)16(17,18)19/h4-8H,9H2,1-3H3. The second-order valence-electron chi connectivity index (χ2n) is 6.00. The van der Waals surface area contributed by atoms with E-state index < -0.39 is 11.9 Å². The van der Waals surface area contributed by atoms with Crippen molar-refractivity contribution in [2.75, 3.05) is 4.90 Å². The van der Waals surface area contributed by atoms with Gasteiger partial charge in [0.1, 0.15) is 5.82 Å². The zero-order valence-corrected chi connectivity index (χ0v) is 12.6. The van der Waals surface area contributed by atoms with E-state index in [-0.39, 0.29) is 5.54 Å². The number of nitrogens with zero attached hydrogens (tertiary/aromatic N) is 3. The average molecular weight is 307 g/mol. The van der Waals surface area contributed by atoms with Crippen molar-refractivity contribution in [3.05, 3.63) is 53.0 Å². The predicted octanol–water partition coefficient (Wildman–Crippen LogP) is 4.06. The Morgan fingerprint density at radius 2 is 1.86 bits per heavy atom. The topological polar surface area (TPSA) is 29.0 Å². The summed E-state index contributed by atoms with van der Waals surface area (Å²) < 4.78 is 37.8. The molecule has 2 aromatic rings. The molecule has 1 aliphatic rings. The van der Waals surface area contributed by atoms with Crippen LogP contribution in [-0.4, -0.2) is 9.97 Å². The molecule has 0 aliphatic carbocycles. The van der Waals surface area contributed by atoms with Crippen LogP contribution < -0.4 is 4.90 Å². The van der Waals surface area contributed by atoms with E-state index in [9.17, 15) is 13.2 Å². The highest BCUT2D eigenvalue weighted by molar-refractivity contribution is 5.54. The largest absolute Gasteiger partial charge is 0.434 e. The molecular weight excluding hydrogens is 291 g/mol. The van der Waals surface area contributed by atoms with Gasteiger partial charge in [0, 0.05) is 6.54 Å². The van der Waals surface area contributed by atoms with Gasteiger partial charge in [-0.25, -0.2) is 9.97 Å². The molecule has 0 spiro atoms. The summed E-state index contributed by atoms with van der Waals surface area (Å²) >= 11 is 0. The first-order chi connectivity index (χ1) is 10.2. The van der Waals surface area contributed by atoms with Crippen molar-refractivity contribution >= 4 is 5.82 Å². The smallest absolute Gasteiger partial charge is 0.342 e.